The third-order valence-electron chi connectivity index (χ3n) is 3.37. The maximum absolute atomic E-state index is 5.11. The smallest absolute Gasteiger partial charge is 0.214 e. The summed E-state index contributed by atoms with van der Waals surface area (Å²) in [5.41, 5.74) is 1.08. The van der Waals surface area contributed by atoms with Crippen molar-refractivity contribution in [3.8, 4) is 5.88 Å². The Hall–Kier alpha value is -1.29. The molecule has 4 heteroatoms. The van der Waals surface area contributed by atoms with Gasteiger partial charge in [-0.05, 0) is 37.9 Å². The molecule has 2 rings (SSSR count). The number of aromatic nitrogens is 1. The van der Waals surface area contributed by atoms with Crippen LogP contribution in [0.5, 0.6) is 5.88 Å². The Bertz CT molecular complexity index is 364. The minimum absolute atomic E-state index is 0.655. The van der Waals surface area contributed by atoms with Crippen molar-refractivity contribution >= 4 is 5.69 Å². The Balaban J connectivity index is 1.75. The lowest BCUT2D eigenvalue weighted by atomic mass is 10.1. The van der Waals surface area contributed by atoms with Crippen LogP contribution >= 0.6 is 0 Å². The van der Waals surface area contributed by atoms with Crippen LogP contribution in [0.1, 0.15) is 19.8 Å². The van der Waals surface area contributed by atoms with E-state index in [1.807, 2.05) is 12.1 Å². The molecule has 1 aromatic rings. The average Bonchev–Trinajstić information content (AvgIpc) is 2.89. The first-order valence-electron chi connectivity index (χ1n) is 6.74. The highest BCUT2D eigenvalue weighted by molar-refractivity contribution is 5.44. The van der Waals surface area contributed by atoms with E-state index in [1.165, 1.54) is 32.5 Å². The second kappa shape index (κ2) is 6.59. The van der Waals surface area contributed by atoms with Gasteiger partial charge in [0.25, 0.3) is 0 Å². The number of nitrogens with zero attached hydrogens (tertiary/aromatic N) is 2. The van der Waals surface area contributed by atoms with Crippen molar-refractivity contribution in [1.29, 1.82) is 0 Å². The van der Waals surface area contributed by atoms with Gasteiger partial charge in [0.15, 0.2) is 0 Å². The van der Waals surface area contributed by atoms with Crippen molar-refractivity contribution in [2.24, 2.45) is 5.92 Å². The number of ether oxygens (including phenoxy) is 1. The molecule has 0 bridgehead atoms. The number of rotatable bonds is 6. The van der Waals surface area contributed by atoms with E-state index in [-0.39, 0.29) is 0 Å². The topological polar surface area (TPSA) is 37.4 Å². The summed E-state index contributed by atoms with van der Waals surface area (Å²) in [5.74, 6) is 1.31. The van der Waals surface area contributed by atoms with E-state index in [9.17, 15) is 0 Å². The molecule has 2 heterocycles. The summed E-state index contributed by atoms with van der Waals surface area (Å²) in [7, 11) is 1.64. The van der Waals surface area contributed by atoms with E-state index >= 15 is 0 Å². The van der Waals surface area contributed by atoms with Crippen molar-refractivity contribution in [2.75, 3.05) is 38.6 Å². The van der Waals surface area contributed by atoms with Crippen molar-refractivity contribution in [3.05, 3.63) is 18.3 Å². The summed E-state index contributed by atoms with van der Waals surface area (Å²) in [4.78, 5) is 6.65. The SMILES string of the molecule is COc1cc(NCC(C)CN2CCCC2)ccn1. The van der Waals surface area contributed by atoms with Crippen LogP contribution in [0.25, 0.3) is 0 Å². The maximum atomic E-state index is 5.11. The Morgan fingerprint density at radius 3 is 2.94 bits per heavy atom. The number of anilines is 1. The summed E-state index contributed by atoms with van der Waals surface area (Å²) in [5, 5.41) is 3.45. The predicted molar refractivity (Wildman–Crippen MR) is 74.1 cm³/mol. The number of hydrogen-bond acceptors (Lipinski definition) is 4. The van der Waals surface area contributed by atoms with Crippen LogP contribution in [-0.4, -0.2) is 43.2 Å². The van der Waals surface area contributed by atoms with Gasteiger partial charge in [-0.3, -0.25) is 0 Å². The lowest BCUT2D eigenvalue weighted by Crippen LogP contribution is -2.28. The summed E-state index contributed by atoms with van der Waals surface area (Å²) in [6.45, 7) is 7.02. The van der Waals surface area contributed by atoms with E-state index in [4.69, 9.17) is 4.74 Å². The van der Waals surface area contributed by atoms with Crippen LogP contribution in [0.2, 0.25) is 0 Å². The summed E-state index contributed by atoms with van der Waals surface area (Å²) < 4.78 is 5.11. The first-order chi connectivity index (χ1) is 8.78. The van der Waals surface area contributed by atoms with Gasteiger partial charge in [0.1, 0.15) is 0 Å². The van der Waals surface area contributed by atoms with Crippen LogP contribution in [0.15, 0.2) is 18.3 Å². The van der Waals surface area contributed by atoms with E-state index in [0.29, 0.717) is 11.8 Å². The number of nitrogens with one attached hydrogen (secondary N) is 1. The monoisotopic (exact) mass is 249 g/mol. The Morgan fingerprint density at radius 1 is 1.44 bits per heavy atom. The van der Waals surface area contributed by atoms with E-state index < -0.39 is 0 Å². The van der Waals surface area contributed by atoms with Gasteiger partial charge in [0.2, 0.25) is 5.88 Å². The number of methoxy groups -OCH3 is 1. The highest BCUT2D eigenvalue weighted by Crippen LogP contribution is 2.15. The minimum atomic E-state index is 0.655. The van der Waals surface area contributed by atoms with Gasteiger partial charge in [-0.2, -0.15) is 0 Å². The highest BCUT2D eigenvalue weighted by atomic mass is 16.5. The normalized spacial score (nSPS) is 17.7. The second-order valence-electron chi connectivity index (χ2n) is 5.08. The van der Waals surface area contributed by atoms with Gasteiger partial charge in [-0.1, -0.05) is 6.92 Å². The van der Waals surface area contributed by atoms with Crippen LogP contribution in [0.3, 0.4) is 0 Å². The molecule has 0 saturated carbocycles. The maximum Gasteiger partial charge on any atom is 0.214 e. The number of hydrogen-bond donors (Lipinski definition) is 1. The van der Waals surface area contributed by atoms with Crippen LogP contribution in [0.4, 0.5) is 5.69 Å². The zero-order chi connectivity index (χ0) is 12.8. The third-order valence-corrected chi connectivity index (χ3v) is 3.37. The fourth-order valence-corrected chi connectivity index (χ4v) is 2.39. The van der Waals surface area contributed by atoms with E-state index in [1.54, 1.807) is 13.3 Å². The van der Waals surface area contributed by atoms with Crippen molar-refractivity contribution in [2.45, 2.75) is 19.8 Å². The molecule has 0 radical (unpaired) electrons. The van der Waals surface area contributed by atoms with Gasteiger partial charge in [0, 0.05) is 31.0 Å². The molecule has 1 saturated heterocycles. The van der Waals surface area contributed by atoms with Gasteiger partial charge in [-0.15, -0.1) is 0 Å². The first-order valence-corrected chi connectivity index (χ1v) is 6.74. The van der Waals surface area contributed by atoms with Gasteiger partial charge < -0.3 is 15.0 Å². The zero-order valence-electron chi connectivity index (χ0n) is 11.4. The van der Waals surface area contributed by atoms with Crippen molar-refractivity contribution < 1.29 is 4.74 Å². The molecular weight excluding hydrogens is 226 g/mol. The molecule has 1 fully saturated rings. The zero-order valence-corrected chi connectivity index (χ0v) is 11.4. The van der Waals surface area contributed by atoms with Crippen LogP contribution < -0.4 is 10.1 Å². The van der Waals surface area contributed by atoms with E-state index in [2.05, 4.69) is 22.1 Å². The summed E-state index contributed by atoms with van der Waals surface area (Å²) in [6.07, 6.45) is 4.50. The Kier molecular flexibility index (Phi) is 4.81. The lowest BCUT2D eigenvalue weighted by molar-refractivity contribution is 0.294. The molecular formula is C14H23N3O. The number of pyridine rings is 1. The molecule has 100 valence electrons. The molecule has 1 aliphatic heterocycles. The highest BCUT2D eigenvalue weighted by Gasteiger charge is 2.14. The van der Waals surface area contributed by atoms with Crippen molar-refractivity contribution in [3.63, 3.8) is 0 Å². The molecule has 1 unspecified atom stereocenters. The fraction of sp³-hybridized carbons (Fsp3) is 0.643. The van der Waals surface area contributed by atoms with E-state index in [0.717, 1.165) is 12.2 Å². The van der Waals surface area contributed by atoms with Gasteiger partial charge in [0.05, 0.1) is 7.11 Å². The third kappa shape index (κ3) is 3.88. The molecule has 0 aromatic carbocycles. The standard InChI is InChI=1S/C14H23N3O/c1-12(11-17-7-3-4-8-17)10-16-13-5-6-15-14(9-13)18-2/h5-6,9,12H,3-4,7-8,10-11H2,1-2H3,(H,15,16). The molecule has 1 aromatic heterocycles. The lowest BCUT2D eigenvalue weighted by Gasteiger charge is -2.20. The molecule has 4 nitrogen and oxygen atoms in total. The van der Waals surface area contributed by atoms with Crippen molar-refractivity contribution in [1.82, 2.24) is 9.88 Å². The minimum Gasteiger partial charge on any atom is -0.481 e. The predicted octanol–water partition coefficient (Wildman–Crippen LogP) is 2.23. The van der Waals surface area contributed by atoms with Crippen LogP contribution in [-0.2, 0) is 0 Å². The Labute approximate surface area is 109 Å². The molecule has 1 atom stereocenters. The molecule has 1 aliphatic rings. The summed E-state index contributed by atoms with van der Waals surface area (Å²) in [6, 6.07) is 3.91. The molecule has 18 heavy (non-hydrogen) atoms. The van der Waals surface area contributed by atoms with Gasteiger partial charge in [-0.25, -0.2) is 4.98 Å². The molecule has 0 aliphatic carbocycles. The number of likely N-dealkylation sites (tertiary alicyclic amines) is 1. The fourth-order valence-electron chi connectivity index (χ4n) is 2.39. The molecule has 0 spiro atoms. The Morgan fingerprint density at radius 2 is 2.22 bits per heavy atom. The van der Waals surface area contributed by atoms with Gasteiger partial charge >= 0.3 is 0 Å². The first kappa shape index (κ1) is 13.1. The average molecular weight is 249 g/mol. The largest absolute Gasteiger partial charge is 0.481 e. The second-order valence-corrected chi connectivity index (χ2v) is 5.08. The molecule has 1 N–H and O–H groups in total. The molecule has 0 amide bonds. The quantitative estimate of drug-likeness (QED) is 0.839. The summed E-state index contributed by atoms with van der Waals surface area (Å²) >= 11 is 0. The van der Waals surface area contributed by atoms with Crippen LogP contribution in [0, 0.1) is 5.92 Å².